The smallest absolute Gasteiger partial charge is 0.193 e. The average Bonchev–Trinajstić information content (AvgIpc) is 2.85. The van der Waals surface area contributed by atoms with Crippen molar-refractivity contribution in [2.45, 2.75) is 102 Å². The minimum absolute atomic E-state index is 0.429. The van der Waals surface area contributed by atoms with Crippen molar-refractivity contribution in [1.82, 2.24) is 0 Å². The van der Waals surface area contributed by atoms with Crippen LogP contribution in [0.5, 0.6) is 0 Å². The second-order valence-corrected chi connectivity index (χ2v) is 10.5. The first-order valence-corrected chi connectivity index (χ1v) is 13.3. The third-order valence-electron chi connectivity index (χ3n) is 8.16. The van der Waals surface area contributed by atoms with Crippen LogP contribution >= 0.6 is 0 Å². The summed E-state index contributed by atoms with van der Waals surface area (Å²) >= 11 is 0. The minimum Gasteiger partial charge on any atom is -0.193 e. The number of rotatable bonds is 10. The highest BCUT2D eigenvalue weighted by Crippen LogP contribution is 2.39. The molecule has 2 saturated carbocycles. The fourth-order valence-electron chi connectivity index (χ4n) is 6.01. The molecular weight excluding hydrogens is 431 g/mol. The monoisotopic (exact) mass is 471 g/mol. The summed E-state index contributed by atoms with van der Waals surface area (Å²) in [7, 11) is 0. The lowest BCUT2D eigenvalue weighted by Gasteiger charge is -2.30. The summed E-state index contributed by atoms with van der Waals surface area (Å²) in [5.74, 6) is 3.03. The van der Waals surface area contributed by atoms with Crippen LogP contribution in [0.15, 0.2) is 48.6 Å². The van der Waals surface area contributed by atoms with Crippen LogP contribution in [0.25, 0.3) is 0 Å². The van der Waals surface area contributed by atoms with Gasteiger partial charge in [-0.15, -0.1) is 0 Å². The molecule has 4 heteroatoms. The van der Waals surface area contributed by atoms with Gasteiger partial charge < -0.3 is 0 Å². The largest absolute Gasteiger partial charge is 0.416 e. The van der Waals surface area contributed by atoms with Gasteiger partial charge in [0.1, 0.15) is 0 Å². The number of hydrogen-bond donors (Lipinski definition) is 0. The summed E-state index contributed by atoms with van der Waals surface area (Å²) in [4.78, 5) is 0. The third kappa shape index (κ3) is 8.97. The summed E-state index contributed by atoms with van der Waals surface area (Å²) in [5.41, 5.74) is 0.533. The van der Waals surface area contributed by atoms with Crippen LogP contribution in [-0.4, -0.2) is 0 Å². The van der Waals surface area contributed by atoms with Gasteiger partial charge in [0.25, 0.3) is 0 Å². The van der Waals surface area contributed by atoms with Gasteiger partial charge in [-0.2, -0.15) is 18.4 Å². The van der Waals surface area contributed by atoms with E-state index in [9.17, 15) is 13.2 Å². The van der Waals surface area contributed by atoms with E-state index in [1.807, 2.05) is 18.2 Å². The molecule has 1 aromatic carbocycles. The van der Waals surface area contributed by atoms with Gasteiger partial charge in [0.15, 0.2) is 0 Å². The second kappa shape index (κ2) is 13.8. The van der Waals surface area contributed by atoms with E-state index in [1.165, 1.54) is 88.8 Å². The van der Waals surface area contributed by atoms with Crippen molar-refractivity contribution in [3.05, 3.63) is 59.7 Å². The molecule has 3 rings (SSSR count). The topological polar surface area (TPSA) is 23.8 Å². The van der Waals surface area contributed by atoms with Crippen molar-refractivity contribution in [1.29, 1.82) is 5.26 Å². The predicted octanol–water partition coefficient (Wildman–Crippen LogP) is 9.76. The zero-order chi connectivity index (χ0) is 24.2. The maximum atomic E-state index is 12.8. The third-order valence-corrected chi connectivity index (χ3v) is 8.16. The number of halogens is 3. The summed E-state index contributed by atoms with van der Waals surface area (Å²) in [6, 6.07) is 7.86. The van der Waals surface area contributed by atoms with E-state index in [4.69, 9.17) is 5.26 Å². The molecule has 0 amide bonds. The molecule has 0 aliphatic heterocycles. The van der Waals surface area contributed by atoms with Gasteiger partial charge in [-0.05, 0) is 79.9 Å². The van der Waals surface area contributed by atoms with Crippen LogP contribution in [0.2, 0.25) is 0 Å². The number of nitrogens with zero attached hydrogens (tertiary/aromatic N) is 1. The maximum absolute atomic E-state index is 12.8. The van der Waals surface area contributed by atoms with Crippen LogP contribution in [0, 0.1) is 29.1 Å². The SMILES string of the molecule is N#CC=CC=CCCC1CCC(CCCCC2CCC(c3ccc(C(F)(F)F)cc3)CC2)CC1. The number of hydrogen-bond acceptors (Lipinski definition) is 1. The highest BCUT2D eigenvalue weighted by molar-refractivity contribution is 5.27. The molecule has 0 unspecified atom stereocenters. The van der Waals surface area contributed by atoms with E-state index in [2.05, 4.69) is 6.08 Å². The minimum atomic E-state index is -4.25. The first-order chi connectivity index (χ1) is 16.5. The molecule has 0 aromatic heterocycles. The van der Waals surface area contributed by atoms with Gasteiger partial charge in [0.05, 0.1) is 11.6 Å². The predicted molar refractivity (Wildman–Crippen MR) is 133 cm³/mol. The number of unbranched alkanes of at least 4 members (excludes halogenated alkanes) is 1. The molecule has 2 aliphatic carbocycles. The zero-order valence-electron chi connectivity index (χ0n) is 20.4. The average molecular weight is 472 g/mol. The molecule has 1 nitrogen and oxygen atoms in total. The fourth-order valence-corrected chi connectivity index (χ4v) is 6.01. The van der Waals surface area contributed by atoms with Gasteiger partial charge in [-0.3, -0.25) is 0 Å². The lowest BCUT2D eigenvalue weighted by atomic mass is 9.76. The van der Waals surface area contributed by atoms with E-state index in [-0.39, 0.29) is 0 Å². The van der Waals surface area contributed by atoms with Crippen LogP contribution in [-0.2, 0) is 6.18 Å². The zero-order valence-corrected chi connectivity index (χ0v) is 20.4. The second-order valence-electron chi connectivity index (χ2n) is 10.5. The van der Waals surface area contributed by atoms with Crippen molar-refractivity contribution in [2.24, 2.45) is 17.8 Å². The van der Waals surface area contributed by atoms with Crippen LogP contribution in [0.4, 0.5) is 13.2 Å². The molecule has 0 N–H and O–H groups in total. The van der Waals surface area contributed by atoms with Gasteiger partial charge in [0, 0.05) is 6.08 Å². The van der Waals surface area contributed by atoms with E-state index < -0.39 is 11.7 Å². The normalized spacial score (nSPS) is 26.2. The lowest BCUT2D eigenvalue weighted by Crippen LogP contribution is -2.15. The van der Waals surface area contributed by atoms with Gasteiger partial charge >= 0.3 is 6.18 Å². The van der Waals surface area contributed by atoms with E-state index in [0.717, 1.165) is 42.6 Å². The van der Waals surface area contributed by atoms with E-state index in [1.54, 1.807) is 12.1 Å². The Morgan fingerprint density at radius 2 is 1.29 bits per heavy atom. The molecule has 2 aliphatic rings. The van der Waals surface area contributed by atoms with Crippen molar-refractivity contribution < 1.29 is 13.2 Å². The van der Waals surface area contributed by atoms with Gasteiger partial charge in [0.2, 0.25) is 0 Å². The Bertz CT molecular complexity index is 799. The summed E-state index contributed by atoms with van der Waals surface area (Å²) < 4.78 is 38.3. The van der Waals surface area contributed by atoms with Crippen molar-refractivity contribution in [3.8, 4) is 6.07 Å². The highest BCUT2D eigenvalue weighted by Gasteiger charge is 2.30. The van der Waals surface area contributed by atoms with Crippen molar-refractivity contribution in [2.75, 3.05) is 0 Å². The molecule has 0 heterocycles. The maximum Gasteiger partial charge on any atom is 0.416 e. The number of alkyl halides is 3. The Kier molecular flexibility index (Phi) is 10.8. The molecule has 2 fully saturated rings. The highest BCUT2D eigenvalue weighted by atomic mass is 19.4. The van der Waals surface area contributed by atoms with Crippen LogP contribution < -0.4 is 0 Å². The summed E-state index contributed by atoms with van der Waals surface area (Å²) in [6.45, 7) is 0. The van der Waals surface area contributed by atoms with E-state index in [0.29, 0.717) is 5.92 Å². The lowest BCUT2D eigenvalue weighted by molar-refractivity contribution is -0.137. The molecule has 1 aromatic rings. The molecule has 0 atom stereocenters. The molecule has 0 spiro atoms. The standard InChI is InChI=1S/C30H40F3N/c31-30(32,33)29-21-19-28(20-22-29)27-17-15-26(16-18-27)10-6-5-9-25-13-11-24(12-14-25)8-4-2-1-3-7-23-34/h1-3,7,19-22,24-27H,4-6,8-18H2. The van der Waals surface area contributed by atoms with E-state index >= 15 is 0 Å². The Morgan fingerprint density at radius 3 is 1.82 bits per heavy atom. The Balaban J connectivity index is 1.23. The molecule has 0 radical (unpaired) electrons. The molecular formula is C30H40F3N. The molecule has 0 saturated heterocycles. The number of allylic oxidation sites excluding steroid dienone is 4. The van der Waals surface area contributed by atoms with Crippen molar-refractivity contribution in [3.63, 3.8) is 0 Å². The number of nitriles is 1. The number of benzene rings is 1. The Labute approximate surface area is 204 Å². The quantitative estimate of drug-likeness (QED) is 0.189. The first-order valence-electron chi connectivity index (χ1n) is 13.3. The van der Waals surface area contributed by atoms with Crippen LogP contribution in [0.3, 0.4) is 0 Å². The van der Waals surface area contributed by atoms with Gasteiger partial charge in [-0.25, -0.2) is 0 Å². The van der Waals surface area contributed by atoms with Crippen molar-refractivity contribution >= 4 is 0 Å². The van der Waals surface area contributed by atoms with Crippen LogP contribution in [0.1, 0.15) is 107 Å². The molecule has 34 heavy (non-hydrogen) atoms. The van der Waals surface area contributed by atoms with Gasteiger partial charge in [-0.1, -0.05) is 81.7 Å². The molecule has 186 valence electrons. The molecule has 0 bridgehead atoms. The summed E-state index contributed by atoms with van der Waals surface area (Å²) in [5, 5.41) is 8.47. The summed E-state index contributed by atoms with van der Waals surface area (Å²) in [6.07, 6.45) is 21.2. The Morgan fingerprint density at radius 1 is 0.765 bits per heavy atom. The first kappa shape index (κ1) is 26.6. The fraction of sp³-hybridized carbons (Fsp3) is 0.633. The Hall–Kier alpha value is -2.02.